The molecule has 0 bridgehead atoms. The number of nitrogens with one attached hydrogen (secondary N) is 1. The van der Waals surface area contributed by atoms with Crippen molar-refractivity contribution in [3.05, 3.63) is 47.7 Å². The first kappa shape index (κ1) is 12.3. The van der Waals surface area contributed by atoms with E-state index in [1.54, 1.807) is 6.21 Å². The van der Waals surface area contributed by atoms with Crippen LogP contribution in [0.2, 0.25) is 0 Å². The van der Waals surface area contributed by atoms with Gasteiger partial charge in [0.25, 0.3) is 0 Å². The summed E-state index contributed by atoms with van der Waals surface area (Å²) in [6, 6.07) is 11.7. The summed E-state index contributed by atoms with van der Waals surface area (Å²) >= 11 is 4.65. The summed E-state index contributed by atoms with van der Waals surface area (Å²) in [7, 11) is 0. The summed E-state index contributed by atoms with van der Waals surface area (Å²) in [4.78, 5) is 0. The van der Waals surface area contributed by atoms with E-state index in [2.05, 4.69) is 22.7 Å². The van der Waals surface area contributed by atoms with Gasteiger partial charge in [-0.2, -0.15) is 5.10 Å². The number of hydrazone groups is 1. The highest BCUT2D eigenvalue weighted by molar-refractivity contribution is 7.80. The topological polar surface area (TPSA) is 63.5 Å². The molecule has 0 saturated carbocycles. The van der Waals surface area contributed by atoms with E-state index in [1.165, 1.54) is 0 Å². The van der Waals surface area contributed by atoms with Crippen LogP contribution in [0.4, 0.5) is 0 Å². The minimum Gasteiger partial charge on any atom is -0.461 e. The molecule has 5 heteroatoms. The van der Waals surface area contributed by atoms with Crippen LogP contribution in [0.1, 0.15) is 11.3 Å². The largest absolute Gasteiger partial charge is 0.461 e. The molecule has 0 fully saturated rings. The Morgan fingerprint density at radius 2 is 2.22 bits per heavy atom. The molecule has 0 radical (unpaired) electrons. The Bertz CT molecular complexity index is 589. The Labute approximate surface area is 110 Å². The predicted molar refractivity (Wildman–Crippen MR) is 76.4 cm³/mol. The van der Waals surface area contributed by atoms with Gasteiger partial charge in [0.05, 0.1) is 6.21 Å². The summed E-state index contributed by atoms with van der Waals surface area (Å²) in [5.41, 5.74) is 9.72. The molecule has 4 nitrogen and oxygen atoms in total. The zero-order valence-electron chi connectivity index (χ0n) is 9.88. The summed E-state index contributed by atoms with van der Waals surface area (Å²) < 4.78 is 5.57. The quantitative estimate of drug-likeness (QED) is 0.505. The molecule has 3 N–H and O–H groups in total. The number of hydrogen-bond acceptors (Lipinski definition) is 3. The van der Waals surface area contributed by atoms with E-state index in [4.69, 9.17) is 10.2 Å². The van der Waals surface area contributed by atoms with E-state index in [1.807, 2.05) is 43.3 Å². The fourth-order valence-electron chi connectivity index (χ4n) is 1.53. The van der Waals surface area contributed by atoms with Crippen LogP contribution >= 0.6 is 12.2 Å². The summed E-state index contributed by atoms with van der Waals surface area (Å²) in [5.74, 6) is 1.73. The molecule has 1 heterocycles. The van der Waals surface area contributed by atoms with Crippen LogP contribution in [0.3, 0.4) is 0 Å². The first-order valence-electron chi connectivity index (χ1n) is 5.40. The second kappa shape index (κ2) is 5.46. The zero-order chi connectivity index (χ0) is 13.0. The van der Waals surface area contributed by atoms with Gasteiger partial charge in [0.2, 0.25) is 0 Å². The van der Waals surface area contributed by atoms with Crippen LogP contribution in [0.15, 0.2) is 45.9 Å². The molecule has 0 atom stereocenters. The molecule has 2 rings (SSSR count). The molecule has 0 saturated heterocycles. The van der Waals surface area contributed by atoms with Gasteiger partial charge in [0, 0.05) is 5.56 Å². The average Bonchev–Trinajstić information content (AvgIpc) is 2.76. The molecule has 18 heavy (non-hydrogen) atoms. The lowest BCUT2D eigenvalue weighted by atomic mass is 10.1. The Hall–Kier alpha value is -2.14. The van der Waals surface area contributed by atoms with Crippen molar-refractivity contribution in [2.24, 2.45) is 10.8 Å². The van der Waals surface area contributed by atoms with Crippen molar-refractivity contribution in [3.63, 3.8) is 0 Å². The fourth-order valence-corrected chi connectivity index (χ4v) is 1.59. The summed E-state index contributed by atoms with van der Waals surface area (Å²) in [5, 5.41) is 4.05. The van der Waals surface area contributed by atoms with Crippen molar-refractivity contribution in [2.45, 2.75) is 6.92 Å². The van der Waals surface area contributed by atoms with Crippen LogP contribution in [0.25, 0.3) is 11.3 Å². The number of aryl methyl sites for hydroxylation is 1. The number of hydrogen-bond donors (Lipinski definition) is 2. The highest BCUT2D eigenvalue weighted by Gasteiger charge is 2.02. The molecule has 0 unspecified atom stereocenters. The van der Waals surface area contributed by atoms with Crippen LogP contribution in [-0.4, -0.2) is 11.3 Å². The number of benzene rings is 1. The third kappa shape index (κ3) is 3.18. The Morgan fingerprint density at radius 1 is 1.39 bits per heavy atom. The maximum Gasteiger partial charge on any atom is 0.184 e. The van der Waals surface area contributed by atoms with Gasteiger partial charge in [-0.25, -0.2) is 0 Å². The van der Waals surface area contributed by atoms with E-state index in [0.29, 0.717) is 0 Å². The molecule has 0 amide bonds. The number of rotatable bonds is 3. The van der Waals surface area contributed by atoms with Gasteiger partial charge in [-0.15, -0.1) is 0 Å². The van der Waals surface area contributed by atoms with Gasteiger partial charge in [0.1, 0.15) is 11.5 Å². The maximum atomic E-state index is 5.57. The minimum atomic E-state index is 0.143. The second-order valence-electron chi connectivity index (χ2n) is 3.77. The van der Waals surface area contributed by atoms with Gasteiger partial charge < -0.3 is 10.2 Å². The van der Waals surface area contributed by atoms with E-state index in [9.17, 15) is 0 Å². The summed E-state index contributed by atoms with van der Waals surface area (Å²) in [6.45, 7) is 1.92. The van der Waals surface area contributed by atoms with Crippen molar-refractivity contribution >= 4 is 23.5 Å². The van der Waals surface area contributed by atoms with Crippen molar-refractivity contribution < 1.29 is 4.42 Å². The average molecular weight is 259 g/mol. The number of thiocarbonyl (C=S) groups is 1. The maximum absolute atomic E-state index is 5.57. The first-order valence-corrected chi connectivity index (χ1v) is 5.81. The third-order valence-corrected chi connectivity index (χ3v) is 2.39. The Balaban J connectivity index is 2.20. The van der Waals surface area contributed by atoms with Gasteiger partial charge in [-0.3, -0.25) is 5.43 Å². The molecular formula is C13H13N3OS. The number of nitrogens with zero attached hydrogens (tertiary/aromatic N) is 1. The fraction of sp³-hybridized carbons (Fsp3) is 0.0769. The monoisotopic (exact) mass is 259 g/mol. The zero-order valence-corrected chi connectivity index (χ0v) is 10.7. The molecule has 0 aliphatic rings. The Morgan fingerprint density at radius 3 is 2.89 bits per heavy atom. The van der Waals surface area contributed by atoms with Gasteiger partial charge in [-0.1, -0.05) is 18.2 Å². The molecule has 0 aliphatic carbocycles. The SMILES string of the molecule is Cc1ccc(-c2cccc(C=NNC(N)=S)c2)o1. The lowest BCUT2D eigenvalue weighted by molar-refractivity contribution is 0.548. The van der Waals surface area contributed by atoms with E-state index in [-0.39, 0.29) is 5.11 Å². The number of furan rings is 1. The van der Waals surface area contributed by atoms with Gasteiger partial charge >= 0.3 is 0 Å². The van der Waals surface area contributed by atoms with E-state index < -0.39 is 0 Å². The molecule has 92 valence electrons. The van der Waals surface area contributed by atoms with Crippen molar-refractivity contribution in [1.29, 1.82) is 0 Å². The first-order chi connectivity index (χ1) is 8.65. The highest BCUT2D eigenvalue weighted by Crippen LogP contribution is 2.22. The molecule has 0 aliphatic heterocycles. The van der Waals surface area contributed by atoms with E-state index >= 15 is 0 Å². The van der Waals surface area contributed by atoms with Crippen LogP contribution in [0, 0.1) is 6.92 Å². The van der Waals surface area contributed by atoms with Crippen LogP contribution < -0.4 is 11.2 Å². The van der Waals surface area contributed by atoms with Crippen LogP contribution in [-0.2, 0) is 0 Å². The van der Waals surface area contributed by atoms with Gasteiger partial charge in [-0.05, 0) is 42.9 Å². The van der Waals surface area contributed by atoms with Crippen molar-refractivity contribution in [1.82, 2.24) is 5.43 Å². The van der Waals surface area contributed by atoms with Crippen LogP contribution in [0.5, 0.6) is 0 Å². The molecule has 1 aromatic carbocycles. The standard InChI is InChI=1S/C13H13N3OS/c1-9-5-6-12(17-9)11-4-2-3-10(7-11)8-15-16-13(14)18/h2-8H,1H3,(H3,14,16,18). The minimum absolute atomic E-state index is 0.143. The Kier molecular flexibility index (Phi) is 3.74. The lowest BCUT2D eigenvalue weighted by Gasteiger charge is -1.99. The summed E-state index contributed by atoms with van der Waals surface area (Å²) in [6.07, 6.45) is 1.65. The molecular weight excluding hydrogens is 246 g/mol. The molecule has 2 aromatic rings. The van der Waals surface area contributed by atoms with Crippen molar-refractivity contribution in [3.8, 4) is 11.3 Å². The molecule has 0 spiro atoms. The normalized spacial score (nSPS) is 10.7. The lowest BCUT2D eigenvalue weighted by Crippen LogP contribution is -2.23. The molecule has 1 aromatic heterocycles. The van der Waals surface area contributed by atoms with Crippen molar-refractivity contribution in [2.75, 3.05) is 0 Å². The number of nitrogens with two attached hydrogens (primary N) is 1. The van der Waals surface area contributed by atoms with Gasteiger partial charge in [0.15, 0.2) is 5.11 Å². The highest BCUT2D eigenvalue weighted by atomic mass is 32.1. The van der Waals surface area contributed by atoms with E-state index in [0.717, 1.165) is 22.6 Å². The third-order valence-electron chi connectivity index (χ3n) is 2.30. The smallest absolute Gasteiger partial charge is 0.184 e. The second-order valence-corrected chi connectivity index (χ2v) is 4.21. The predicted octanol–water partition coefficient (Wildman–Crippen LogP) is 2.42.